The second-order valence-electron chi connectivity index (χ2n) is 5.85. The van der Waals surface area contributed by atoms with Crippen molar-refractivity contribution in [2.75, 3.05) is 18.0 Å². The van der Waals surface area contributed by atoms with Crippen LogP contribution in [0.3, 0.4) is 0 Å². The van der Waals surface area contributed by atoms with Crippen LogP contribution < -0.4 is 15.5 Å². The first-order valence-corrected chi connectivity index (χ1v) is 8.18. The largest absolute Gasteiger partial charge is 0.370 e. The fourth-order valence-electron chi connectivity index (χ4n) is 3.10. The topological polar surface area (TPSA) is 73.0 Å². The van der Waals surface area contributed by atoms with Gasteiger partial charge in [-0.15, -0.1) is 0 Å². The molecule has 118 valence electrons. The molecule has 2 aliphatic rings. The standard InChI is InChI=1S/C16H17N5OS/c22-15-13(19-16(23)20-15)6-10-8-17-14-12(10)7-11(9-18-14)21-4-2-1-3-5-21/h6-9H,1-5H2,(H,17,18)(H2,19,20,22,23)/b13-6-. The molecular formula is C16H17N5OS. The molecule has 0 atom stereocenters. The number of pyridine rings is 1. The van der Waals surface area contributed by atoms with E-state index in [2.05, 4.69) is 31.6 Å². The molecule has 2 aliphatic heterocycles. The van der Waals surface area contributed by atoms with E-state index in [1.807, 2.05) is 12.4 Å². The van der Waals surface area contributed by atoms with E-state index in [9.17, 15) is 4.79 Å². The Balaban J connectivity index is 1.71. The predicted molar refractivity (Wildman–Crippen MR) is 94.0 cm³/mol. The molecule has 0 aliphatic carbocycles. The van der Waals surface area contributed by atoms with Crippen molar-refractivity contribution in [3.8, 4) is 0 Å². The molecule has 2 aromatic heterocycles. The first-order valence-electron chi connectivity index (χ1n) is 7.77. The van der Waals surface area contributed by atoms with E-state index in [0.717, 1.165) is 35.4 Å². The molecule has 0 saturated carbocycles. The number of aromatic amines is 1. The predicted octanol–water partition coefficient (Wildman–Crippen LogP) is 1.90. The monoisotopic (exact) mass is 327 g/mol. The molecule has 4 rings (SSSR count). The number of thiocarbonyl (C=S) groups is 1. The van der Waals surface area contributed by atoms with Gasteiger partial charge in [-0.1, -0.05) is 0 Å². The molecule has 2 saturated heterocycles. The van der Waals surface area contributed by atoms with Crippen LogP contribution in [-0.4, -0.2) is 34.1 Å². The maximum absolute atomic E-state index is 11.8. The first-order chi connectivity index (χ1) is 11.2. The number of rotatable bonds is 2. The van der Waals surface area contributed by atoms with Gasteiger partial charge in [0.15, 0.2) is 5.11 Å². The number of anilines is 1. The van der Waals surface area contributed by atoms with Crippen molar-refractivity contribution in [3.63, 3.8) is 0 Å². The summed E-state index contributed by atoms with van der Waals surface area (Å²) in [5.74, 6) is -0.204. The molecule has 0 bridgehead atoms. The van der Waals surface area contributed by atoms with Crippen LogP contribution in [0.2, 0.25) is 0 Å². The van der Waals surface area contributed by atoms with Gasteiger partial charge in [-0.2, -0.15) is 0 Å². The Labute approximate surface area is 139 Å². The second-order valence-corrected chi connectivity index (χ2v) is 6.26. The van der Waals surface area contributed by atoms with E-state index in [-0.39, 0.29) is 5.91 Å². The van der Waals surface area contributed by atoms with Crippen molar-refractivity contribution in [3.05, 3.63) is 29.7 Å². The molecule has 0 aromatic carbocycles. The number of carbonyl (C=O) groups is 1. The van der Waals surface area contributed by atoms with E-state index in [1.54, 1.807) is 6.08 Å². The van der Waals surface area contributed by atoms with E-state index < -0.39 is 0 Å². The quantitative estimate of drug-likeness (QED) is 0.580. The van der Waals surface area contributed by atoms with Crippen LogP contribution in [0.25, 0.3) is 17.1 Å². The van der Waals surface area contributed by atoms with Crippen LogP contribution in [0.1, 0.15) is 24.8 Å². The third-order valence-electron chi connectivity index (χ3n) is 4.29. The number of nitrogens with zero attached hydrogens (tertiary/aromatic N) is 2. The SMILES string of the molecule is O=C1NC(=S)N/C1=C\c1c[nH]c2ncc(N3CCCCC3)cc12. The number of fused-ring (bicyclic) bond motifs is 1. The van der Waals surface area contributed by atoms with E-state index >= 15 is 0 Å². The minimum atomic E-state index is -0.204. The van der Waals surface area contributed by atoms with Gasteiger partial charge >= 0.3 is 0 Å². The first kappa shape index (κ1) is 14.2. The van der Waals surface area contributed by atoms with Gasteiger partial charge in [-0.05, 0) is 43.6 Å². The molecule has 1 amide bonds. The van der Waals surface area contributed by atoms with Crippen molar-refractivity contribution in [2.24, 2.45) is 0 Å². The van der Waals surface area contributed by atoms with Gasteiger partial charge in [-0.25, -0.2) is 4.98 Å². The van der Waals surface area contributed by atoms with Gasteiger partial charge in [0.25, 0.3) is 5.91 Å². The summed E-state index contributed by atoms with van der Waals surface area (Å²) in [7, 11) is 0. The van der Waals surface area contributed by atoms with Gasteiger partial charge in [-0.3, -0.25) is 10.1 Å². The zero-order valence-electron chi connectivity index (χ0n) is 12.6. The summed E-state index contributed by atoms with van der Waals surface area (Å²) in [6.07, 6.45) is 9.33. The Kier molecular flexibility index (Phi) is 3.49. The number of piperidine rings is 1. The van der Waals surface area contributed by atoms with Gasteiger partial charge < -0.3 is 15.2 Å². The average molecular weight is 327 g/mol. The number of H-pyrrole nitrogens is 1. The summed E-state index contributed by atoms with van der Waals surface area (Å²) in [4.78, 5) is 21.8. The number of nitrogens with one attached hydrogen (secondary N) is 3. The van der Waals surface area contributed by atoms with Crippen LogP contribution in [0.5, 0.6) is 0 Å². The minimum Gasteiger partial charge on any atom is -0.370 e. The molecule has 23 heavy (non-hydrogen) atoms. The summed E-state index contributed by atoms with van der Waals surface area (Å²) >= 11 is 4.96. The maximum atomic E-state index is 11.8. The third-order valence-corrected chi connectivity index (χ3v) is 4.49. The number of amides is 1. The maximum Gasteiger partial charge on any atom is 0.273 e. The highest BCUT2D eigenvalue weighted by molar-refractivity contribution is 7.80. The summed E-state index contributed by atoms with van der Waals surface area (Å²) in [6, 6.07) is 2.14. The lowest BCUT2D eigenvalue weighted by molar-refractivity contribution is -0.115. The Hall–Kier alpha value is -2.41. The van der Waals surface area contributed by atoms with E-state index in [0.29, 0.717) is 10.8 Å². The highest BCUT2D eigenvalue weighted by atomic mass is 32.1. The van der Waals surface area contributed by atoms with Gasteiger partial charge in [0.1, 0.15) is 11.3 Å². The number of hydrogen-bond acceptors (Lipinski definition) is 4. The third kappa shape index (κ3) is 2.68. The number of carbonyl (C=O) groups excluding carboxylic acids is 1. The Morgan fingerprint density at radius 2 is 2.04 bits per heavy atom. The molecule has 0 radical (unpaired) electrons. The zero-order chi connectivity index (χ0) is 15.8. The van der Waals surface area contributed by atoms with Crippen molar-refractivity contribution in [1.82, 2.24) is 20.6 Å². The second kappa shape index (κ2) is 5.66. The smallest absolute Gasteiger partial charge is 0.273 e. The Morgan fingerprint density at radius 3 is 2.78 bits per heavy atom. The molecule has 7 heteroatoms. The summed E-state index contributed by atoms with van der Waals surface area (Å²) in [6.45, 7) is 2.15. The van der Waals surface area contributed by atoms with Gasteiger partial charge in [0, 0.05) is 30.2 Å². The van der Waals surface area contributed by atoms with Crippen LogP contribution in [-0.2, 0) is 4.79 Å². The summed E-state index contributed by atoms with van der Waals surface area (Å²) < 4.78 is 0. The molecular weight excluding hydrogens is 310 g/mol. The average Bonchev–Trinajstić information content (AvgIpc) is 3.11. The molecule has 3 N–H and O–H groups in total. The summed E-state index contributed by atoms with van der Waals surface area (Å²) in [5, 5.41) is 6.79. The molecule has 6 nitrogen and oxygen atoms in total. The van der Waals surface area contributed by atoms with E-state index in [4.69, 9.17) is 12.2 Å². The number of hydrogen-bond donors (Lipinski definition) is 3. The van der Waals surface area contributed by atoms with Crippen molar-refractivity contribution >= 4 is 46.0 Å². The van der Waals surface area contributed by atoms with E-state index in [1.165, 1.54) is 19.3 Å². The minimum absolute atomic E-state index is 0.204. The lowest BCUT2D eigenvalue weighted by Gasteiger charge is -2.28. The highest BCUT2D eigenvalue weighted by Gasteiger charge is 2.21. The number of aromatic nitrogens is 2. The lowest BCUT2D eigenvalue weighted by Crippen LogP contribution is -2.29. The highest BCUT2D eigenvalue weighted by Crippen LogP contribution is 2.26. The van der Waals surface area contributed by atoms with Crippen molar-refractivity contribution in [1.29, 1.82) is 0 Å². The van der Waals surface area contributed by atoms with Gasteiger partial charge in [0.05, 0.1) is 11.9 Å². The normalized spacial score (nSPS) is 20.2. The molecule has 2 fully saturated rings. The molecule has 0 unspecified atom stereocenters. The van der Waals surface area contributed by atoms with Crippen LogP contribution in [0.4, 0.5) is 5.69 Å². The lowest BCUT2D eigenvalue weighted by atomic mass is 10.1. The zero-order valence-corrected chi connectivity index (χ0v) is 13.4. The van der Waals surface area contributed by atoms with Gasteiger partial charge in [0.2, 0.25) is 0 Å². The summed E-state index contributed by atoms with van der Waals surface area (Å²) in [5.41, 5.74) is 3.34. The fraction of sp³-hybridized carbons (Fsp3) is 0.312. The van der Waals surface area contributed by atoms with Crippen molar-refractivity contribution < 1.29 is 4.79 Å². The Bertz CT molecular complexity index is 819. The molecule has 4 heterocycles. The molecule has 0 spiro atoms. The molecule has 2 aromatic rings. The van der Waals surface area contributed by atoms with Crippen LogP contribution >= 0.6 is 12.2 Å². The Morgan fingerprint density at radius 1 is 1.22 bits per heavy atom. The van der Waals surface area contributed by atoms with Crippen molar-refractivity contribution in [2.45, 2.75) is 19.3 Å². The van der Waals surface area contributed by atoms with Crippen LogP contribution in [0.15, 0.2) is 24.2 Å². The van der Waals surface area contributed by atoms with Crippen LogP contribution in [0, 0.1) is 0 Å². The fourth-order valence-corrected chi connectivity index (χ4v) is 3.30.